The van der Waals surface area contributed by atoms with E-state index in [1.807, 2.05) is 24.3 Å². The van der Waals surface area contributed by atoms with Gasteiger partial charge in [0.1, 0.15) is 10.8 Å². The van der Waals surface area contributed by atoms with Gasteiger partial charge in [-0.15, -0.1) is 11.3 Å². The van der Waals surface area contributed by atoms with Gasteiger partial charge in [0.15, 0.2) is 6.61 Å². The number of methoxy groups -OCH3 is 1. The molecule has 1 aliphatic rings. The summed E-state index contributed by atoms with van der Waals surface area (Å²) in [6, 6.07) is 7.69. The minimum absolute atomic E-state index is 0.104. The van der Waals surface area contributed by atoms with Gasteiger partial charge < -0.3 is 14.8 Å². The van der Waals surface area contributed by atoms with Crippen molar-refractivity contribution in [3.8, 4) is 5.75 Å². The Morgan fingerprint density at radius 3 is 2.89 bits per heavy atom. The summed E-state index contributed by atoms with van der Waals surface area (Å²) in [5.74, 6) is 0.569. The summed E-state index contributed by atoms with van der Waals surface area (Å²) >= 11 is 1.48. The van der Waals surface area contributed by atoms with E-state index >= 15 is 0 Å². The molecule has 1 aliphatic carbocycles. The molecule has 1 atom stereocenters. The van der Waals surface area contributed by atoms with Gasteiger partial charge >= 0.3 is 5.97 Å². The molecule has 0 saturated carbocycles. The van der Waals surface area contributed by atoms with Gasteiger partial charge in [-0.25, -0.2) is 4.79 Å². The Labute approximate surface area is 163 Å². The molecule has 1 N–H and O–H groups in total. The van der Waals surface area contributed by atoms with Crippen molar-refractivity contribution in [2.24, 2.45) is 5.92 Å². The second kappa shape index (κ2) is 8.57. The molecule has 0 spiro atoms. The molecule has 27 heavy (non-hydrogen) atoms. The van der Waals surface area contributed by atoms with Crippen LogP contribution in [0.15, 0.2) is 24.3 Å². The van der Waals surface area contributed by atoms with Gasteiger partial charge in [-0.3, -0.25) is 4.79 Å². The highest BCUT2D eigenvalue weighted by atomic mass is 32.1. The van der Waals surface area contributed by atoms with Crippen molar-refractivity contribution in [1.82, 2.24) is 0 Å². The van der Waals surface area contributed by atoms with E-state index in [-0.39, 0.29) is 12.5 Å². The van der Waals surface area contributed by atoms with Crippen molar-refractivity contribution >= 4 is 28.2 Å². The summed E-state index contributed by atoms with van der Waals surface area (Å²) in [7, 11) is 1.37. The lowest BCUT2D eigenvalue weighted by molar-refractivity contribution is -0.118. The average Bonchev–Trinajstić information content (AvgIpc) is 3.02. The standard InChI is InChI=1S/C21H25NO4S/c1-4-14-6-5-7-15(11-14)26-12-18(23)22-20-19(21(24)25-3)16-9-8-13(2)10-17(16)27-20/h5-7,11,13H,4,8-10,12H2,1-3H3,(H,22,23). The quantitative estimate of drug-likeness (QED) is 0.753. The Morgan fingerprint density at radius 1 is 1.33 bits per heavy atom. The molecule has 1 aromatic carbocycles. The summed E-state index contributed by atoms with van der Waals surface area (Å²) in [6.45, 7) is 4.17. The number of ether oxygens (including phenoxy) is 2. The van der Waals surface area contributed by atoms with E-state index < -0.39 is 5.97 Å². The third-order valence-corrected chi connectivity index (χ3v) is 6.00. The third kappa shape index (κ3) is 4.50. The lowest BCUT2D eigenvalue weighted by atomic mass is 9.88. The first-order valence-electron chi connectivity index (χ1n) is 9.26. The molecular weight excluding hydrogens is 362 g/mol. The monoisotopic (exact) mass is 387 g/mol. The van der Waals surface area contributed by atoms with Crippen LogP contribution >= 0.6 is 11.3 Å². The summed E-state index contributed by atoms with van der Waals surface area (Å²) in [5.41, 5.74) is 2.68. The van der Waals surface area contributed by atoms with Crippen molar-refractivity contribution < 1.29 is 19.1 Å². The molecule has 1 aromatic heterocycles. The van der Waals surface area contributed by atoms with E-state index in [2.05, 4.69) is 19.2 Å². The fourth-order valence-electron chi connectivity index (χ4n) is 3.32. The number of amides is 1. The van der Waals surface area contributed by atoms with Crippen LogP contribution in [0.5, 0.6) is 5.75 Å². The molecule has 0 saturated heterocycles. The number of hydrogen-bond donors (Lipinski definition) is 1. The molecule has 6 heteroatoms. The van der Waals surface area contributed by atoms with Crippen molar-refractivity contribution in [3.05, 3.63) is 45.8 Å². The second-order valence-electron chi connectivity index (χ2n) is 6.89. The largest absolute Gasteiger partial charge is 0.484 e. The van der Waals surface area contributed by atoms with Gasteiger partial charge in [0.05, 0.1) is 12.7 Å². The van der Waals surface area contributed by atoms with Crippen LogP contribution in [-0.2, 0) is 28.8 Å². The molecule has 5 nitrogen and oxygen atoms in total. The highest BCUT2D eigenvalue weighted by Gasteiger charge is 2.28. The topological polar surface area (TPSA) is 64.6 Å². The highest BCUT2D eigenvalue weighted by Crippen LogP contribution is 2.40. The van der Waals surface area contributed by atoms with Crippen molar-refractivity contribution in [3.63, 3.8) is 0 Å². The zero-order valence-corrected chi connectivity index (χ0v) is 16.8. The smallest absolute Gasteiger partial charge is 0.341 e. The Kier molecular flexibility index (Phi) is 6.16. The number of fused-ring (bicyclic) bond motifs is 1. The fraction of sp³-hybridized carbons (Fsp3) is 0.429. The van der Waals surface area contributed by atoms with Crippen LogP contribution in [0.3, 0.4) is 0 Å². The number of nitrogens with one attached hydrogen (secondary N) is 1. The van der Waals surface area contributed by atoms with Gasteiger partial charge in [-0.2, -0.15) is 0 Å². The Balaban J connectivity index is 1.72. The summed E-state index contributed by atoms with van der Waals surface area (Å²) in [4.78, 5) is 25.8. The minimum atomic E-state index is -0.395. The van der Waals surface area contributed by atoms with Crippen molar-refractivity contribution in [1.29, 1.82) is 0 Å². The zero-order valence-electron chi connectivity index (χ0n) is 16.0. The molecule has 1 amide bonds. The number of aryl methyl sites for hydroxylation is 1. The molecule has 0 aliphatic heterocycles. The molecule has 3 rings (SSSR count). The second-order valence-corrected chi connectivity index (χ2v) is 7.99. The van der Waals surface area contributed by atoms with Gasteiger partial charge in [0.2, 0.25) is 0 Å². The Bertz CT molecular complexity index is 843. The summed E-state index contributed by atoms with van der Waals surface area (Å²) in [6.07, 6.45) is 3.72. The molecule has 1 heterocycles. The number of esters is 1. The predicted molar refractivity (Wildman–Crippen MR) is 107 cm³/mol. The highest BCUT2D eigenvalue weighted by molar-refractivity contribution is 7.17. The SMILES string of the molecule is CCc1cccc(OCC(=O)Nc2sc3c(c2C(=O)OC)CCC(C)C3)c1. The van der Waals surface area contributed by atoms with Crippen LogP contribution in [-0.4, -0.2) is 25.6 Å². The zero-order chi connectivity index (χ0) is 19.4. The number of anilines is 1. The minimum Gasteiger partial charge on any atom is -0.484 e. The number of benzene rings is 1. The van der Waals surface area contributed by atoms with Crippen LogP contribution in [0.25, 0.3) is 0 Å². The molecular formula is C21H25NO4S. The van der Waals surface area contributed by atoms with E-state index in [0.29, 0.717) is 22.2 Å². The lowest BCUT2D eigenvalue weighted by Crippen LogP contribution is -2.21. The van der Waals surface area contributed by atoms with Gasteiger partial charge in [0, 0.05) is 4.88 Å². The van der Waals surface area contributed by atoms with Crippen LogP contribution in [0, 0.1) is 5.92 Å². The first kappa shape index (κ1) is 19.4. The van der Waals surface area contributed by atoms with E-state index in [4.69, 9.17) is 9.47 Å². The first-order valence-corrected chi connectivity index (χ1v) is 10.1. The van der Waals surface area contributed by atoms with E-state index in [0.717, 1.165) is 36.8 Å². The molecule has 1 unspecified atom stereocenters. The number of hydrogen-bond acceptors (Lipinski definition) is 5. The maximum atomic E-state index is 12.4. The van der Waals surface area contributed by atoms with Gasteiger partial charge in [-0.1, -0.05) is 26.0 Å². The van der Waals surface area contributed by atoms with Gasteiger partial charge in [0.25, 0.3) is 5.91 Å². The average molecular weight is 388 g/mol. The molecule has 0 radical (unpaired) electrons. The third-order valence-electron chi connectivity index (χ3n) is 4.83. The fourth-order valence-corrected chi connectivity index (χ4v) is 4.74. The van der Waals surface area contributed by atoms with E-state index in [1.54, 1.807) is 0 Å². The lowest BCUT2D eigenvalue weighted by Gasteiger charge is -2.18. The normalized spacial score (nSPS) is 15.7. The number of thiophene rings is 1. The van der Waals surface area contributed by atoms with E-state index in [9.17, 15) is 9.59 Å². The number of carbonyl (C=O) groups is 2. The Hall–Kier alpha value is -2.34. The molecule has 144 valence electrons. The predicted octanol–water partition coefficient (Wildman–Crippen LogP) is 4.24. The summed E-state index contributed by atoms with van der Waals surface area (Å²) < 4.78 is 10.6. The summed E-state index contributed by atoms with van der Waals surface area (Å²) in [5, 5.41) is 3.42. The maximum Gasteiger partial charge on any atom is 0.341 e. The van der Waals surface area contributed by atoms with E-state index in [1.165, 1.54) is 23.3 Å². The number of carbonyl (C=O) groups excluding carboxylic acids is 2. The Morgan fingerprint density at radius 2 is 2.15 bits per heavy atom. The van der Waals surface area contributed by atoms with Crippen molar-refractivity contribution in [2.75, 3.05) is 19.0 Å². The van der Waals surface area contributed by atoms with Crippen LogP contribution in [0.2, 0.25) is 0 Å². The maximum absolute atomic E-state index is 12.4. The van der Waals surface area contributed by atoms with Crippen LogP contribution in [0.4, 0.5) is 5.00 Å². The first-order chi connectivity index (χ1) is 13.0. The van der Waals surface area contributed by atoms with Gasteiger partial charge in [-0.05, 0) is 54.9 Å². The van der Waals surface area contributed by atoms with Crippen LogP contribution < -0.4 is 10.1 Å². The molecule has 2 aromatic rings. The number of rotatable bonds is 6. The molecule has 0 fully saturated rings. The van der Waals surface area contributed by atoms with Crippen LogP contribution in [0.1, 0.15) is 46.6 Å². The molecule has 0 bridgehead atoms. The van der Waals surface area contributed by atoms with Crippen molar-refractivity contribution in [2.45, 2.75) is 39.5 Å².